The Labute approximate surface area is 120 Å². The highest BCUT2D eigenvalue weighted by Crippen LogP contribution is 2.29. The summed E-state index contributed by atoms with van der Waals surface area (Å²) in [4.78, 5) is 2.10. The maximum atomic E-state index is 13.4. The zero-order chi connectivity index (χ0) is 14.7. The first-order valence-electron chi connectivity index (χ1n) is 6.76. The zero-order valence-corrected chi connectivity index (χ0v) is 12.5. The highest BCUT2D eigenvalue weighted by Gasteiger charge is 2.10. The normalized spacial score (nSPS) is 10.7. The predicted octanol–water partition coefficient (Wildman–Crippen LogP) is 3.93. The van der Waals surface area contributed by atoms with Crippen molar-refractivity contribution in [1.82, 2.24) is 5.32 Å². The van der Waals surface area contributed by atoms with Crippen molar-refractivity contribution in [2.24, 2.45) is 0 Å². The van der Waals surface area contributed by atoms with Gasteiger partial charge in [0.1, 0.15) is 5.82 Å². The van der Waals surface area contributed by atoms with Crippen molar-refractivity contribution in [3.8, 4) is 0 Å². The fourth-order valence-electron chi connectivity index (χ4n) is 2.50. The van der Waals surface area contributed by atoms with Crippen LogP contribution in [0.25, 0.3) is 0 Å². The Balaban J connectivity index is 2.44. The first-order chi connectivity index (χ1) is 9.51. The highest BCUT2D eigenvalue weighted by atomic mass is 19.1. The Hall–Kier alpha value is -1.87. The number of nitrogens with zero attached hydrogens (tertiary/aromatic N) is 1. The van der Waals surface area contributed by atoms with Crippen LogP contribution < -0.4 is 10.2 Å². The van der Waals surface area contributed by atoms with Gasteiger partial charge in [0.15, 0.2) is 0 Å². The van der Waals surface area contributed by atoms with Crippen molar-refractivity contribution in [2.45, 2.75) is 20.4 Å². The van der Waals surface area contributed by atoms with Gasteiger partial charge in [-0.2, -0.15) is 0 Å². The summed E-state index contributed by atoms with van der Waals surface area (Å²) in [5.74, 6) is -0.201. The molecule has 0 spiro atoms. The van der Waals surface area contributed by atoms with Gasteiger partial charge in [-0.25, -0.2) is 4.39 Å². The molecule has 2 rings (SSSR count). The van der Waals surface area contributed by atoms with E-state index in [-0.39, 0.29) is 5.82 Å². The van der Waals surface area contributed by atoms with Crippen molar-refractivity contribution in [1.29, 1.82) is 0 Å². The second kappa shape index (κ2) is 6.06. The molecule has 0 aliphatic rings. The van der Waals surface area contributed by atoms with Crippen LogP contribution >= 0.6 is 0 Å². The molecule has 2 aromatic rings. The number of rotatable bonds is 4. The molecule has 0 radical (unpaired) electrons. The Bertz CT molecular complexity index is 588. The van der Waals surface area contributed by atoms with Gasteiger partial charge in [0, 0.05) is 25.0 Å². The number of anilines is 2. The molecule has 0 atom stereocenters. The molecular formula is C17H21FN2. The summed E-state index contributed by atoms with van der Waals surface area (Å²) in [6, 6.07) is 11.4. The number of aryl methyl sites for hydroxylation is 2. The number of hydrogen-bond donors (Lipinski definition) is 1. The van der Waals surface area contributed by atoms with E-state index in [0.717, 1.165) is 16.9 Å². The summed E-state index contributed by atoms with van der Waals surface area (Å²) < 4.78 is 13.4. The summed E-state index contributed by atoms with van der Waals surface area (Å²) in [6.07, 6.45) is 0. The van der Waals surface area contributed by atoms with E-state index < -0.39 is 0 Å². The van der Waals surface area contributed by atoms with Crippen molar-refractivity contribution < 1.29 is 4.39 Å². The average Bonchev–Trinajstić information content (AvgIpc) is 2.37. The lowest BCUT2D eigenvalue weighted by atomic mass is 10.1. The van der Waals surface area contributed by atoms with Gasteiger partial charge in [-0.3, -0.25) is 0 Å². The summed E-state index contributed by atoms with van der Waals surface area (Å²) in [5, 5.41) is 3.09. The fourth-order valence-corrected chi connectivity index (χ4v) is 2.50. The molecule has 0 bridgehead atoms. The number of halogens is 1. The Kier molecular flexibility index (Phi) is 4.40. The first kappa shape index (κ1) is 14.5. The molecule has 0 saturated carbocycles. The van der Waals surface area contributed by atoms with Gasteiger partial charge in [-0.05, 0) is 67.9 Å². The third kappa shape index (κ3) is 3.17. The van der Waals surface area contributed by atoms with Crippen LogP contribution in [-0.2, 0) is 6.54 Å². The number of benzene rings is 2. The molecule has 0 aromatic heterocycles. The SMILES string of the molecule is CNCc1cc(F)ccc1N(C)c1cc(C)cc(C)c1. The molecule has 2 nitrogen and oxygen atoms in total. The van der Waals surface area contributed by atoms with E-state index in [4.69, 9.17) is 0 Å². The van der Waals surface area contributed by atoms with E-state index in [2.05, 4.69) is 42.3 Å². The van der Waals surface area contributed by atoms with E-state index in [1.807, 2.05) is 20.2 Å². The minimum absolute atomic E-state index is 0.201. The van der Waals surface area contributed by atoms with Crippen molar-refractivity contribution in [3.63, 3.8) is 0 Å². The van der Waals surface area contributed by atoms with E-state index >= 15 is 0 Å². The van der Waals surface area contributed by atoms with Crippen molar-refractivity contribution >= 4 is 11.4 Å². The van der Waals surface area contributed by atoms with Gasteiger partial charge in [-0.1, -0.05) is 6.07 Å². The lowest BCUT2D eigenvalue weighted by Crippen LogP contribution is -2.15. The van der Waals surface area contributed by atoms with E-state index in [1.54, 1.807) is 6.07 Å². The van der Waals surface area contributed by atoms with Gasteiger partial charge < -0.3 is 10.2 Å². The largest absolute Gasteiger partial charge is 0.344 e. The topological polar surface area (TPSA) is 15.3 Å². The fraction of sp³-hybridized carbons (Fsp3) is 0.294. The standard InChI is InChI=1S/C17H21FN2/c1-12-7-13(2)9-16(8-12)20(4)17-6-5-15(18)10-14(17)11-19-3/h5-10,19H,11H2,1-4H3. The van der Waals surface area contributed by atoms with Crippen LogP contribution in [0.3, 0.4) is 0 Å². The minimum Gasteiger partial charge on any atom is -0.344 e. The maximum Gasteiger partial charge on any atom is 0.123 e. The van der Waals surface area contributed by atoms with Gasteiger partial charge in [-0.15, -0.1) is 0 Å². The maximum absolute atomic E-state index is 13.4. The van der Waals surface area contributed by atoms with Crippen LogP contribution in [0.1, 0.15) is 16.7 Å². The predicted molar refractivity (Wildman–Crippen MR) is 83.1 cm³/mol. The van der Waals surface area contributed by atoms with Crippen molar-refractivity contribution in [3.05, 3.63) is 58.9 Å². The Morgan fingerprint density at radius 2 is 1.70 bits per heavy atom. The zero-order valence-electron chi connectivity index (χ0n) is 12.5. The van der Waals surface area contributed by atoms with Crippen LogP contribution in [-0.4, -0.2) is 14.1 Å². The highest BCUT2D eigenvalue weighted by molar-refractivity contribution is 5.67. The van der Waals surface area contributed by atoms with E-state index in [1.165, 1.54) is 17.2 Å². The smallest absolute Gasteiger partial charge is 0.123 e. The summed E-state index contributed by atoms with van der Waals surface area (Å²) in [6.45, 7) is 4.81. The van der Waals surface area contributed by atoms with Crippen molar-refractivity contribution in [2.75, 3.05) is 19.0 Å². The van der Waals surface area contributed by atoms with E-state index in [0.29, 0.717) is 6.54 Å². The molecule has 20 heavy (non-hydrogen) atoms. The molecule has 2 aromatic carbocycles. The number of hydrogen-bond acceptors (Lipinski definition) is 2. The third-order valence-corrected chi connectivity index (χ3v) is 3.36. The Morgan fingerprint density at radius 1 is 1.05 bits per heavy atom. The van der Waals surface area contributed by atoms with E-state index in [9.17, 15) is 4.39 Å². The summed E-state index contributed by atoms with van der Waals surface area (Å²) in [5.41, 5.74) is 5.54. The second-order valence-corrected chi connectivity index (χ2v) is 5.21. The molecule has 106 valence electrons. The summed E-state index contributed by atoms with van der Waals surface area (Å²) >= 11 is 0. The first-order valence-corrected chi connectivity index (χ1v) is 6.76. The second-order valence-electron chi connectivity index (χ2n) is 5.21. The van der Waals surface area contributed by atoms with Gasteiger partial charge >= 0.3 is 0 Å². The van der Waals surface area contributed by atoms with Gasteiger partial charge in [0.05, 0.1) is 0 Å². The molecule has 1 N–H and O–H groups in total. The van der Waals surface area contributed by atoms with Gasteiger partial charge in [0.2, 0.25) is 0 Å². The molecule has 0 amide bonds. The Morgan fingerprint density at radius 3 is 2.30 bits per heavy atom. The van der Waals surface area contributed by atoms with Crippen LogP contribution in [0.15, 0.2) is 36.4 Å². The van der Waals surface area contributed by atoms with Crippen LogP contribution in [0, 0.1) is 19.7 Å². The third-order valence-electron chi connectivity index (χ3n) is 3.36. The quantitative estimate of drug-likeness (QED) is 0.907. The average molecular weight is 272 g/mol. The molecule has 0 unspecified atom stereocenters. The molecule has 0 fully saturated rings. The number of nitrogens with one attached hydrogen (secondary N) is 1. The molecule has 0 aliphatic carbocycles. The molecule has 0 saturated heterocycles. The lowest BCUT2D eigenvalue weighted by molar-refractivity contribution is 0.624. The molecule has 3 heteroatoms. The molecule has 0 aliphatic heterocycles. The van der Waals surface area contributed by atoms with Crippen LogP contribution in [0.4, 0.5) is 15.8 Å². The van der Waals surface area contributed by atoms with Gasteiger partial charge in [0.25, 0.3) is 0 Å². The molecule has 0 heterocycles. The minimum atomic E-state index is -0.201. The van der Waals surface area contributed by atoms with Crippen LogP contribution in [0.2, 0.25) is 0 Å². The molecular weight excluding hydrogens is 251 g/mol. The summed E-state index contributed by atoms with van der Waals surface area (Å²) in [7, 11) is 3.88. The lowest BCUT2D eigenvalue weighted by Gasteiger charge is -2.23. The monoisotopic (exact) mass is 272 g/mol. The van der Waals surface area contributed by atoms with Crippen LogP contribution in [0.5, 0.6) is 0 Å².